The highest BCUT2D eigenvalue weighted by atomic mass is 35.5. The molecule has 0 bridgehead atoms. The third-order valence-electron chi connectivity index (χ3n) is 4.15. The number of carbonyl (C=O) groups is 2. The van der Waals surface area contributed by atoms with Crippen molar-refractivity contribution in [3.05, 3.63) is 35.9 Å². The fraction of sp³-hybridized carbons (Fsp3) is 0.579. The van der Waals surface area contributed by atoms with Gasteiger partial charge in [0.05, 0.1) is 0 Å². The number of carboxylic acid groups (broad SMARTS) is 1. The molecule has 0 radical (unpaired) electrons. The average molecular weight is 436 g/mol. The van der Waals surface area contributed by atoms with Crippen LogP contribution in [0.5, 0.6) is 0 Å². The summed E-state index contributed by atoms with van der Waals surface area (Å²) in [4.78, 5) is 25.2. The number of hydrogen-bond acceptors (Lipinski definition) is 3. The first kappa shape index (κ1) is 24.0. The van der Waals surface area contributed by atoms with Gasteiger partial charge in [-0.15, -0.1) is 0 Å². The van der Waals surface area contributed by atoms with E-state index < -0.39 is 22.3 Å². The van der Waals surface area contributed by atoms with E-state index in [1.54, 1.807) is 12.1 Å². The third-order valence-corrected chi connectivity index (χ3v) is 4.79. The fourth-order valence-corrected chi connectivity index (χ4v) is 3.39. The lowest BCUT2D eigenvalue weighted by atomic mass is 10.1. The average Bonchev–Trinajstić information content (AvgIpc) is 2.61. The monoisotopic (exact) mass is 435 g/mol. The van der Waals surface area contributed by atoms with Crippen molar-refractivity contribution in [2.24, 2.45) is 0 Å². The van der Waals surface area contributed by atoms with E-state index in [1.807, 2.05) is 18.2 Å². The molecule has 1 aromatic carbocycles. The Morgan fingerprint density at radius 3 is 2.30 bits per heavy atom. The molecular formula is C19H28Cl2NO4P. The van der Waals surface area contributed by atoms with Crippen molar-refractivity contribution >= 4 is 44.5 Å². The summed E-state index contributed by atoms with van der Waals surface area (Å²) in [5.41, 5.74) is 0.784. The molecule has 0 heterocycles. The van der Waals surface area contributed by atoms with Crippen molar-refractivity contribution in [2.75, 3.05) is 0 Å². The van der Waals surface area contributed by atoms with Crippen LogP contribution < -0.4 is 0 Å². The molecule has 1 N–H and O–H groups in total. The maximum Gasteiger partial charge on any atom is 0.413 e. The number of carboxylic acids is 1. The number of carbonyl (C=O) groups excluding carboxylic acids is 1. The molecule has 0 fully saturated rings. The van der Waals surface area contributed by atoms with E-state index in [4.69, 9.17) is 27.9 Å². The zero-order valence-corrected chi connectivity index (χ0v) is 18.2. The number of rotatable bonds is 12. The second kappa shape index (κ2) is 12.4. The van der Waals surface area contributed by atoms with E-state index in [0.29, 0.717) is 6.42 Å². The molecule has 0 aliphatic rings. The summed E-state index contributed by atoms with van der Waals surface area (Å²) in [6.45, 7) is 2.15. The maximum absolute atomic E-state index is 12.5. The Morgan fingerprint density at radius 2 is 1.74 bits per heavy atom. The highest BCUT2D eigenvalue weighted by molar-refractivity contribution is 7.27. The second-order valence-electron chi connectivity index (χ2n) is 6.41. The number of aliphatic carboxylic acids is 1. The number of ether oxygens (including phenoxy) is 1. The summed E-state index contributed by atoms with van der Waals surface area (Å²) in [6.07, 6.45) is 5.42. The second-order valence-corrected chi connectivity index (χ2v) is 9.32. The first-order chi connectivity index (χ1) is 12.8. The summed E-state index contributed by atoms with van der Waals surface area (Å²) in [7, 11) is 2.09. The topological polar surface area (TPSA) is 66.8 Å². The van der Waals surface area contributed by atoms with Gasteiger partial charge in [-0.25, -0.2) is 9.59 Å². The normalized spacial score (nSPS) is 12.4. The summed E-state index contributed by atoms with van der Waals surface area (Å²) in [5.74, 6) is -1.16. The zero-order valence-electron chi connectivity index (χ0n) is 15.6. The van der Waals surface area contributed by atoms with Crippen molar-refractivity contribution in [2.45, 2.75) is 68.7 Å². The van der Waals surface area contributed by atoms with Crippen LogP contribution in [0.25, 0.3) is 0 Å². The van der Waals surface area contributed by atoms with Crippen molar-refractivity contribution in [3.8, 4) is 0 Å². The number of alkyl halides is 2. The van der Waals surface area contributed by atoms with Crippen molar-refractivity contribution < 1.29 is 19.4 Å². The molecule has 0 saturated heterocycles. The predicted molar refractivity (Wildman–Crippen MR) is 112 cm³/mol. The first-order valence-electron chi connectivity index (χ1n) is 9.16. The summed E-state index contributed by atoms with van der Waals surface area (Å²) in [5, 5.41) is 9.61. The van der Waals surface area contributed by atoms with E-state index in [-0.39, 0.29) is 13.0 Å². The van der Waals surface area contributed by atoms with Crippen LogP contribution in [0.3, 0.4) is 0 Å². The molecule has 0 saturated carbocycles. The minimum atomic E-state index is -1.78. The molecule has 1 rings (SSSR count). The molecule has 0 aliphatic heterocycles. The minimum Gasteiger partial charge on any atom is -0.480 e. The Kier molecular flexibility index (Phi) is 11.1. The Balaban J connectivity index is 2.72. The summed E-state index contributed by atoms with van der Waals surface area (Å²) >= 11 is 12.2. The van der Waals surface area contributed by atoms with Crippen LogP contribution in [-0.2, 0) is 16.1 Å². The van der Waals surface area contributed by atoms with E-state index >= 15 is 0 Å². The van der Waals surface area contributed by atoms with Crippen LogP contribution in [-0.4, -0.2) is 32.3 Å². The van der Waals surface area contributed by atoms with E-state index in [2.05, 4.69) is 16.2 Å². The third kappa shape index (κ3) is 9.14. The highest BCUT2D eigenvalue weighted by Gasteiger charge is 2.41. The molecule has 1 amide bonds. The van der Waals surface area contributed by atoms with Crippen LogP contribution in [0.2, 0.25) is 0 Å². The number of hydrogen-bond donors (Lipinski definition) is 1. The first-order valence-corrected chi connectivity index (χ1v) is 10.5. The van der Waals surface area contributed by atoms with Crippen LogP contribution in [0.1, 0.15) is 57.4 Å². The molecule has 0 spiro atoms. The molecule has 0 aliphatic carbocycles. The van der Waals surface area contributed by atoms with Gasteiger partial charge in [0, 0.05) is 0 Å². The number of unbranched alkanes of at least 4 members (excludes halogenated alkanes) is 5. The summed E-state index contributed by atoms with van der Waals surface area (Å²) in [6, 6.07) is 7.94. The van der Waals surface area contributed by atoms with E-state index in [1.165, 1.54) is 6.42 Å². The van der Waals surface area contributed by atoms with Crippen molar-refractivity contribution in [1.82, 2.24) is 4.90 Å². The van der Waals surface area contributed by atoms with E-state index in [9.17, 15) is 14.7 Å². The van der Waals surface area contributed by atoms with E-state index in [0.717, 1.165) is 36.1 Å². The molecule has 5 nitrogen and oxygen atoms in total. The maximum atomic E-state index is 12.5. The number of halogens is 2. The molecule has 2 atom stereocenters. The van der Waals surface area contributed by atoms with Gasteiger partial charge in [0.15, 0.2) is 0 Å². The predicted octanol–water partition coefficient (Wildman–Crippen LogP) is 5.79. The van der Waals surface area contributed by atoms with Crippen LogP contribution in [0, 0.1) is 0 Å². The molecule has 0 aromatic heterocycles. The van der Waals surface area contributed by atoms with Crippen molar-refractivity contribution in [1.29, 1.82) is 0 Å². The molecule has 8 heteroatoms. The Bertz CT molecular complexity index is 581. The lowest BCUT2D eigenvalue weighted by Gasteiger charge is -2.35. The minimum absolute atomic E-state index is 0.00799. The molecule has 27 heavy (non-hydrogen) atoms. The summed E-state index contributed by atoms with van der Waals surface area (Å²) < 4.78 is 3.47. The Morgan fingerprint density at radius 1 is 1.15 bits per heavy atom. The Labute approximate surface area is 173 Å². The van der Waals surface area contributed by atoms with Gasteiger partial charge in [-0.3, -0.25) is 4.90 Å². The molecular weight excluding hydrogens is 408 g/mol. The number of amides is 1. The van der Waals surface area contributed by atoms with Gasteiger partial charge in [0.25, 0.3) is 0 Å². The highest BCUT2D eigenvalue weighted by Crippen LogP contribution is 2.37. The van der Waals surface area contributed by atoms with Gasteiger partial charge in [-0.1, -0.05) is 108 Å². The zero-order chi connectivity index (χ0) is 20.3. The molecule has 1 aromatic rings. The van der Waals surface area contributed by atoms with Gasteiger partial charge in [0.2, 0.25) is 4.20 Å². The largest absolute Gasteiger partial charge is 0.480 e. The SMILES string of the molecule is CCCCCCCCC(C(=O)O)N(C(=O)OCc1ccccc1)C(P)(Cl)Cl. The van der Waals surface area contributed by atoms with Crippen LogP contribution >= 0.6 is 32.4 Å². The van der Waals surface area contributed by atoms with Crippen LogP contribution in [0.15, 0.2) is 30.3 Å². The molecule has 2 unspecified atom stereocenters. The lowest BCUT2D eigenvalue weighted by molar-refractivity contribution is -0.143. The number of benzene rings is 1. The van der Waals surface area contributed by atoms with Gasteiger partial charge in [-0.2, -0.15) is 0 Å². The molecule has 152 valence electrons. The van der Waals surface area contributed by atoms with Gasteiger partial charge in [-0.05, 0) is 12.0 Å². The Hall–Kier alpha value is -1.03. The van der Waals surface area contributed by atoms with Gasteiger partial charge < -0.3 is 9.84 Å². The standard InChI is InChI=1S/C19H28Cl2NO4P/c1-2-3-4-5-6-10-13-16(17(23)24)22(19(20,21)27)18(25)26-14-15-11-8-7-9-12-15/h7-9,11-12,16H,2-6,10,13-14,27H2,1H3,(H,23,24). The smallest absolute Gasteiger partial charge is 0.413 e. The number of nitrogens with zero attached hydrogens (tertiary/aromatic N) is 1. The lowest BCUT2D eigenvalue weighted by Crippen LogP contribution is -2.51. The van der Waals surface area contributed by atoms with Crippen molar-refractivity contribution in [3.63, 3.8) is 0 Å². The van der Waals surface area contributed by atoms with Crippen LogP contribution in [0.4, 0.5) is 4.79 Å². The van der Waals surface area contributed by atoms with Gasteiger partial charge in [0.1, 0.15) is 12.6 Å². The quantitative estimate of drug-likeness (QED) is 0.195. The van der Waals surface area contributed by atoms with Gasteiger partial charge >= 0.3 is 12.1 Å². The fourth-order valence-electron chi connectivity index (χ4n) is 2.73.